The summed E-state index contributed by atoms with van der Waals surface area (Å²) in [5, 5.41) is 0. The molecule has 0 fully saturated rings. The fraction of sp³-hybridized carbons (Fsp3) is 0.429. The summed E-state index contributed by atoms with van der Waals surface area (Å²) < 4.78 is 48.2. The first kappa shape index (κ1) is 28.4. The van der Waals surface area contributed by atoms with E-state index in [1.165, 1.54) is 31.4 Å². The maximum Gasteiger partial charge on any atom is 0.249 e. The molecule has 9 heteroatoms. The van der Waals surface area contributed by atoms with Gasteiger partial charge in [-0.1, -0.05) is 45.0 Å². The van der Waals surface area contributed by atoms with Gasteiger partial charge in [0.15, 0.2) is 0 Å². The van der Waals surface area contributed by atoms with Crippen molar-refractivity contribution in [2.24, 2.45) is 11.1 Å². The van der Waals surface area contributed by atoms with E-state index in [2.05, 4.69) is 0 Å². The van der Waals surface area contributed by atoms with Crippen molar-refractivity contribution in [3.8, 4) is 11.3 Å². The molecule has 6 nitrogen and oxygen atoms in total. The van der Waals surface area contributed by atoms with Gasteiger partial charge in [0.05, 0.1) is 11.7 Å². The maximum atomic E-state index is 14.0. The molecule has 1 heterocycles. The molecule has 0 spiro atoms. The molecular formula is C28H35F3N4O2. The molecule has 0 saturated heterocycles. The zero-order valence-electron chi connectivity index (χ0n) is 21.8. The number of halogens is 3. The Balaban J connectivity index is 2.17. The van der Waals surface area contributed by atoms with E-state index in [1.807, 2.05) is 25.3 Å². The second-order valence-corrected chi connectivity index (χ2v) is 10.2. The molecule has 1 unspecified atom stereocenters. The molecule has 37 heavy (non-hydrogen) atoms. The van der Waals surface area contributed by atoms with E-state index in [9.17, 15) is 18.0 Å². The number of amides is 1. The molecule has 3 aromatic rings. The molecule has 2 aromatic carbocycles. The average molecular weight is 517 g/mol. The van der Waals surface area contributed by atoms with Crippen molar-refractivity contribution in [2.45, 2.75) is 45.8 Å². The van der Waals surface area contributed by atoms with Crippen molar-refractivity contribution >= 4 is 5.91 Å². The lowest BCUT2D eigenvalue weighted by atomic mass is 9.84. The van der Waals surface area contributed by atoms with Gasteiger partial charge in [-0.25, -0.2) is 18.2 Å². The Kier molecular flexibility index (Phi) is 9.50. The summed E-state index contributed by atoms with van der Waals surface area (Å²) in [5.41, 5.74) is 7.11. The zero-order valence-corrected chi connectivity index (χ0v) is 21.8. The minimum Gasteiger partial charge on any atom is -0.375 e. The number of ether oxygens (including phenoxy) is 1. The third-order valence-electron chi connectivity index (χ3n) is 6.07. The van der Waals surface area contributed by atoms with Crippen LogP contribution in [0.25, 0.3) is 11.3 Å². The predicted molar refractivity (Wildman–Crippen MR) is 137 cm³/mol. The lowest BCUT2D eigenvalue weighted by Crippen LogP contribution is -2.45. The van der Waals surface area contributed by atoms with Gasteiger partial charge in [0.25, 0.3) is 0 Å². The quantitative estimate of drug-likeness (QED) is 0.384. The van der Waals surface area contributed by atoms with E-state index >= 15 is 0 Å². The van der Waals surface area contributed by atoms with Crippen LogP contribution in [0, 0.1) is 17.0 Å². The summed E-state index contributed by atoms with van der Waals surface area (Å²) >= 11 is 0. The number of nitrogens with two attached hydrogens (primary N) is 1. The van der Waals surface area contributed by atoms with Crippen LogP contribution in [0.5, 0.6) is 0 Å². The van der Waals surface area contributed by atoms with E-state index in [0.29, 0.717) is 22.6 Å². The van der Waals surface area contributed by atoms with Crippen LogP contribution in [0.4, 0.5) is 13.2 Å². The molecule has 0 aliphatic rings. The minimum atomic E-state index is -0.714. The van der Waals surface area contributed by atoms with Gasteiger partial charge >= 0.3 is 0 Å². The molecular weight excluding hydrogens is 481 g/mol. The highest BCUT2D eigenvalue weighted by molar-refractivity contribution is 5.78. The summed E-state index contributed by atoms with van der Waals surface area (Å²) in [4.78, 5) is 19.8. The smallest absolute Gasteiger partial charge is 0.249 e. The second kappa shape index (κ2) is 12.4. The first-order valence-electron chi connectivity index (χ1n) is 12.2. The summed E-state index contributed by atoms with van der Waals surface area (Å²) in [6.07, 6.45) is 2.03. The highest BCUT2D eigenvalue weighted by atomic mass is 19.1. The predicted octanol–water partition coefficient (Wildman–Crippen LogP) is 5.13. The number of carbonyl (C=O) groups excluding carboxylic acids is 1. The van der Waals surface area contributed by atoms with Crippen LogP contribution in [-0.4, -0.2) is 53.3 Å². The van der Waals surface area contributed by atoms with Gasteiger partial charge in [-0.15, -0.1) is 0 Å². The van der Waals surface area contributed by atoms with E-state index in [0.717, 1.165) is 0 Å². The monoisotopic (exact) mass is 516 g/mol. The van der Waals surface area contributed by atoms with Crippen LogP contribution >= 0.6 is 0 Å². The Morgan fingerprint density at radius 2 is 1.81 bits per heavy atom. The number of rotatable bonds is 11. The van der Waals surface area contributed by atoms with E-state index < -0.39 is 30.0 Å². The summed E-state index contributed by atoms with van der Waals surface area (Å²) in [5.74, 6) is -0.521. The zero-order chi connectivity index (χ0) is 27.2. The lowest BCUT2D eigenvalue weighted by molar-refractivity contribution is -0.140. The van der Waals surface area contributed by atoms with Crippen LogP contribution in [0.2, 0.25) is 0 Å². The molecule has 3 rings (SSSR count). The number of imidazole rings is 1. The number of hydrogen-bond acceptors (Lipinski definition) is 4. The molecule has 1 amide bonds. The molecule has 200 valence electrons. The van der Waals surface area contributed by atoms with Crippen molar-refractivity contribution in [3.05, 3.63) is 77.8 Å². The Morgan fingerprint density at radius 1 is 1.14 bits per heavy atom. The topological polar surface area (TPSA) is 73.4 Å². The van der Waals surface area contributed by atoms with Gasteiger partial charge in [0, 0.05) is 38.0 Å². The normalized spacial score (nSPS) is 13.4. The third-order valence-corrected chi connectivity index (χ3v) is 6.07. The number of hydrogen-bond donors (Lipinski definition) is 1. The van der Waals surface area contributed by atoms with Crippen molar-refractivity contribution < 1.29 is 22.7 Å². The summed E-state index contributed by atoms with van der Waals surface area (Å²) in [7, 11) is 1.43. The Morgan fingerprint density at radius 3 is 2.41 bits per heavy atom. The number of benzene rings is 2. The largest absolute Gasteiger partial charge is 0.375 e. The number of alkyl halides is 1. The highest BCUT2D eigenvalue weighted by Crippen LogP contribution is 2.39. The van der Waals surface area contributed by atoms with Gasteiger partial charge in [-0.2, -0.15) is 0 Å². The summed E-state index contributed by atoms with van der Waals surface area (Å²) in [6.45, 7) is 5.52. The van der Waals surface area contributed by atoms with Gasteiger partial charge in [-0.05, 0) is 41.7 Å². The van der Waals surface area contributed by atoms with E-state index in [-0.39, 0.29) is 37.8 Å². The minimum absolute atomic E-state index is 0.168. The highest BCUT2D eigenvalue weighted by Gasteiger charge is 2.38. The van der Waals surface area contributed by atoms with Gasteiger partial charge in [0.2, 0.25) is 5.91 Å². The van der Waals surface area contributed by atoms with Crippen molar-refractivity contribution in [1.82, 2.24) is 14.5 Å². The second-order valence-electron chi connectivity index (χ2n) is 10.2. The van der Waals surface area contributed by atoms with Crippen molar-refractivity contribution in [3.63, 3.8) is 0 Å². The molecule has 2 N–H and O–H groups in total. The van der Waals surface area contributed by atoms with Crippen LogP contribution < -0.4 is 5.73 Å². The standard InChI is InChI=1S/C28H35F3N4O2/c1-28(2,3)26(35(25(36)18-37-4)12-11-23(32)15-29)27-33-24(20-8-6-10-22(31)14-20)17-34(27)16-19-7-5-9-21(30)13-19/h5-10,13-14,17,23,26H,11-12,15-16,18,32H2,1-4H3/t23?,26-/m0/s1. The number of nitrogens with zero attached hydrogens (tertiary/aromatic N) is 3. The van der Waals surface area contributed by atoms with Crippen molar-refractivity contribution in [1.29, 1.82) is 0 Å². The molecule has 0 bridgehead atoms. The SMILES string of the molecule is COCC(=O)N(CCC(N)CF)[C@@H](c1nc(-c2cccc(F)c2)cn1Cc1cccc(F)c1)C(C)(C)C. The Labute approximate surface area is 216 Å². The fourth-order valence-corrected chi connectivity index (χ4v) is 4.37. The Hall–Kier alpha value is -3.17. The molecule has 0 aliphatic heterocycles. The molecule has 0 aliphatic carbocycles. The van der Waals surface area contributed by atoms with Crippen LogP contribution in [0.3, 0.4) is 0 Å². The van der Waals surface area contributed by atoms with Crippen LogP contribution in [-0.2, 0) is 16.1 Å². The van der Waals surface area contributed by atoms with Gasteiger partial charge < -0.3 is 19.9 Å². The van der Waals surface area contributed by atoms with Crippen molar-refractivity contribution in [2.75, 3.05) is 26.9 Å². The van der Waals surface area contributed by atoms with Crippen LogP contribution in [0.15, 0.2) is 54.7 Å². The molecule has 1 aromatic heterocycles. The van der Waals surface area contributed by atoms with E-state index in [4.69, 9.17) is 15.5 Å². The van der Waals surface area contributed by atoms with Gasteiger partial charge in [0.1, 0.15) is 30.7 Å². The Bertz CT molecular complexity index is 1190. The lowest BCUT2D eigenvalue weighted by Gasteiger charge is -2.40. The molecule has 2 atom stereocenters. The number of carbonyl (C=O) groups is 1. The van der Waals surface area contributed by atoms with E-state index in [1.54, 1.807) is 35.4 Å². The maximum absolute atomic E-state index is 14.0. The average Bonchev–Trinajstić information content (AvgIpc) is 3.23. The first-order valence-corrected chi connectivity index (χ1v) is 12.2. The first-order chi connectivity index (χ1) is 17.5. The van der Waals surface area contributed by atoms with Gasteiger partial charge in [-0.3, -0.25) is 4.79 Å². The number of aromatic nitrogens is 2. The fourth-order valence-electron chi connectivity index (χ4n) is 4.37. The summed E-state index contributed by atoms with van der Waals surface area (Å²) in [6, 6.07) is 11.0. The van der Waals surface area contributed by atoms with Crippen LogP contribution in [0.1, 0.15) is 44.6 Å². The molecule has 0 radical (unpaired) electrons. The molecule has 0 saturated carbocycles. The number of methoxy groups -OCH3 is 1. The third kappa shape index (κ3) is 7.42.